The second-order valence-electron chi connectivity index (χ2n) is 6.66. The molecule has 0 spiro atoms. The quantitative estimate of drug-likeness (QED) is 0.653. The smallest absolute Gasteiger partial charge is 0.00276 e. The normalized spacial score (nSPS) is 23.2. The first-order valence-corrected chi connectivity index (χ1v) is 8.29. The summed E-state index contributed by atoms with van der Waals surface area (Å²) < 4.78 is 0. The molecule has 2 bridgehead atoms. The van der Waals surface area contributed by atoms with E-state index < -0.39 is 0 Å². The molecular weight excluding hydrogens is 264 g/mol. The third kappa shape index (κ3) is 2.14. The summed E-state index contributed by atoms with van der Waals surface area (Å²) in [5.74, 6) is 1.17. The summed E-state index contributed by atoms with van der Waals surface area (Å²) in [6.45, 7) is 4.45. The molecular formula is C22H22. The lowest BCUT2D eigenvalue weighted by Gasteiger charge is -2.36. The van der Waals surface area contributed by atoms with Crippen LogP contribution in [0.4, 0.5) is 0 Å². The number of hydrogen-bond acceptors (Lipinski definition) is 0. The van der Waals surface area contributed by atoms with Gasteiger partial charge in [-0.05, 0) is 60.1 Å². The molecule has 0 amide bonds. The highest BCUT2D eigenvalue weighted by Gasteiger charge is 2.31. The van der Waals surface area contributed by atoms with Gasteiger partial charge in [0.25, 0.3) is 0 Å². The fourth-order valence-corrected chi connectivity index (χ4v) is 4.07. The van der Waals surface area contributed by atoms with E-state index in [1.807, 2.05) is 0 Å². The molecule has 0 N–H and O–H groups in total. The van der Waals surface area contributed by atoms with Crippen molar-refractivity contribution in [1.29, 1.82) is 0 Å². The van der Waals surface area contributed by atoms with Crippen LogP contribution in [0.2, 0.25) is 0 Å². The Labute approximate surface area is 133 Å². The molecule has 3 aliphatic rings. The Bertz CT molecular complexity index is 709. The second-order valence-corrected chi connectivity index (χ2v) is 6.66. The van der Waals surface area contributed by atoms with E-state index >= 15 is 0 Å². The minimum absolute atomic E-state index is 0.584. The Kier molecular flexibility index (Phi) is 3.26. The maximum absolute atomic E-state index is 2.54. The fraction of sp³-hybridized carbons (Fsp3) is 0.273. The highest BCUT2D eigenvalue weighted by molar-refractivity contribution is 5.83. The van der Waals surface area contributed by atoms with Crippen LogP contribution in [0, 0.1) is 25.7 Å². The number of benzene rings is 2. The van der Waals surface area contributed by atoms with Crippen molar-refractivity contribution in [2.24, 2.45) is 11.8 Å². The molecule has 0 heteroatoms. The van der Waals surface area contributed by atoms with Crippen LogP contribution < -0.4 is 0 Å². The van der Waals surface area contributed by atoms with E-state index in [1.54, 1.807) is 11.1 Å². The van der Waals surface area contributed by atoms with Gasteiger partial charge >= 0.3 is 0 Å². The molecule has 2 aromatic carbocycles. The Morgan fingerprint density at radius 1 is 0.636 bits per heavy atom. The largest absolute Gasteiger partial charge is 0.0726 e. The maximum atomic E-state index is 2.54. The molecule has 0 unspecified atom stereocenters. The third-order valence-corrected chi connectivity index (χ3v) is 5.26. The zero-order chi connectivity index (χ0) is 15.1. The van der Waals surface area contributed by atoms with Crippen LogP contribution >= 0.6 is 0 Å². The van der Waals surface area contributed by atoms with E-state index in [9.17, 15) is 0 Å². The first-order chi connectivity index (χ1) is 10.7. The van der Waals surface area contributed by atoms with Crippen molar-refractivity contribution in [2.75, 3.05) is 0 Å². The molecule has 0 fully saturated rings. The van der Waals surface area contributed by atoms with Gasteiger partial charge in [0, 0.05) is 11.8 Å². The number of fused-ring (bicyclic) bond motifs is 1. The van der Waals surface area contributed by atoms with E-state index in [1.165, 1.54) is 35.1 Å². The molecule has 22 heavy (non-hydrogen) atoms. The third-order valence-electron chi connectivity index (χ3n) is 5.26. The van der Waals surface area contributed by atoms with Gasteiger partial charge in [0.2, 0.25) is 0 Å². The van der Waals surface area contributed by atoms with Crippen LogP contribution in [0.1, 0.15) is 35.1 Å². The SMILES string of the molecule is Cc1ccccc1C1=C[C@@H]2CC[C@H]1C=C2c1ccccc1C. The van der Waals surface area contributed by atoms with E-state index in [0.29, 0.717) is 11.8 Å². The van der Waals surface area contributed by atoms with Crippen molar-refractivity contribution in [2.45, 2.75) is 26.7 Å². The predicted molar refractivity (Wildman–Crippen MR) is 94.5 cm³/mol. The van der Waals surface area contributed by atoms with Gasteiger partial charge in [0.05, 0.1) is 0 Å². The molecule has 0 radical (unpaired) electrons. The second kappa shape index (κ2) is 5.28. The maximum Gasteiger partial charge on any atom is 0.00276 e. The van der Waals surface area contributed by atoms with Crippen LogP contribution in [0.25, 0.3) is 11.1 Å². The summed E-state index contributed by atoms with van der Waals surface area (Å²) in [5, 5.41) is 0. The molecule has 0 saturated heterocycles. The summed E-state index contributed by atoms with van der Waals surface area (Å²) in [6.07, 6.45) is 7.66. The summed E-state index contributed by atoms with van der Waals surface area (Å²) in [7, 11) is 0. The molecule has 3 aliphatic carbocycles. The van der Waals surface area contributed by atoms with E-state index in [-0.39, 0.29) is 0 Å². The molecule has 0 nitrogen and oxygen atoms in total. The number of allylic oxidation sites excluding steroid dienone is 4. The highest BCUT2D eigenvalue weighted by Crippen LogP contribution is 2.48. The van der Waals surface area contributed by atoms with Gasteiger partial charge in [0.1, 0.15) is 0 Å². The van der Waals surface area contributed by atoms with Gasteiger partial charge in [-0.15, -0.1) is 0 Å². The van der Waals surface area contributed by atoms with Crippen LogP contribution in [-0.2, 0) is 0 Å². The Balaban J connectivity index is 1.75. The van der Waals surface area contributed by atoms with Crippen molar-refractivity contribution in [3.63, 3.8) is 0 Å². The van der Waals surface area contributed by atoms with Gasteiger partial charge in [-0.2, -0.15) is 0 Å². The summed E-state index contributed by atoms with van der Waals surface area (Å²) in [5.41, 5.74) is 8.77. The topological polar surface area (TPSA) is 0 Å². The average Bonchev–Trinajstić information content (AvgIpc) is 2.56. The van der Waals surface area contributed by atoms with Crippen LogP contribution in [0.3, 0.4) is 0 Å². The van der Waals surface area contributed by atoms with Gasteiger partial charge in [0.15, 0.2) is 0 Å². The van der Waals surface area contributed by atoms with Crippen molar-refractivity contribution in [1.82, 2.24) is 0 Å². The standard InChI is InChI=1S/C22H22/c1-15-7-3-5-9-19(15)21-13-18-12-11-17(21)14-22(18)20-10-6-4-8-16(20)2/h3-10,13-14,17-18H,11-12H2,1-2H3/t17-,18-/m0/s1. The van der Waals surface area contributed by atoms with Gasteiger partial charge in [-0.3, -0.25) is 0 Å². The summed E-state index contributed by atoms with van der Waals surface area (Å²) in [4.78, 5) is 0. The molecule has 0 aliphatic heterocycles. The Hall–Kier alpha value is -2.08. The Morgan fingerprint density at radius 3 is 1.41 bits per heavy atom. The molecule has 2 atom stereocenters. The fourth-order valence-electron chi connectivity index (χ4n) is 4.07. The first kappa shape index (κ1) is 13.6. The van der Waals surface area contributed by atoms with Crippen molar-refractivity contribution < 1.29 is 0 Å². The predicted octanol–water partition coefficient (Wildman–Crippen LogP) is 5.81. The van der Waals surface area contributed by atoms with E-state index in [2.05, 4.69) is 74.5 Å². The van der Waals surface area contributed by atoms with Gasteiger partial charge in [-0.25, -0.2) is 0 Å². The van der Waals surface area contributed by atoms with E-state index in [4.69, 9.17) is 0 Å². The number of aryl methyl sites for hydroxylation is 2. The molecule has 2 aromatic rings. The molecule has 0 saturated carbocycles. The zero-order valence-electron chi connectivity index (χ0n) is 13.3. The highest BCUT2D eigenvalue weighted by atomic mass is 14.4. The van der Waals surface area contributed by atoms with Crippen LogP contribution in [0.5, 0.6) is 0 Å². The lowest BCUT2D eigenvalue weighted by molar-refractivity contribution is 0.556. The lowest BCUT2D eigenvalue weighted by Crippen LogP contribution is -2.20. The molecule has 5 rings (SSSR count). The van der Waals surface area contributed by atoms with Gasteiger partial charge in [-0.1, -0.05) is 60.7 Å². The summed E-state index contributed by atoms with van der Waals surface area (Å²) in [6, 6.07) is 17.6. The average molecular weight is 286 g/mol. The number of rotatable bonds is 2. The van der Waals surface area contributed by atoms with E-state index in [0.717, 1.165) is 0 Å². The zero-order valence-corrected chi connectivity index (χ0v) is 13.3. The van der Waals surface area contributed by atoms with Gasteiger partial charge < -0.3 is 0 Å². The number of hydrogen-bond donors (Lipinski definition) is 0. The molecule has 0 aromatic heterocycles. The molecule has 110 valence electrons. The Morgan fingerprint density at radius 2 is 1.05 bits per heavy atom. The van der Waals surface area contributed by atoms with Crippen molar-refractivity contribution in [3.8, 4) is 0 Å². The minimum Gasteiger partial charge on any atom is -0.0726 e. The minimum atomic E-state index is 0.584. The monoisotopic (exact) mass is 286 g/mol. The van der Waals surface area contributed by atoms with Crippen molar-refractivity contribution >= 4 is 11.1 Å². The van der Waals surface area contributed by atoms with Crippen LogP contribution in [-0.4, -0.2) is 0 Å². The molecule has 0 heterocycles. The lowest BCUT2D eigenvalue weighted by atomic mass is 9.68. The first-order valence-electron chi connectivity index (χ1n) is 8.29. The summed E-state index contributed by atoms with van der Waals surface area (Å²) >= 11 is 0. The van der Waals surface area contributed by atoms with Crippen LogP contribution in [0.15, 0.2) is 60.7 Å². The van der Waals surface area contributed by atoms with Crippen molar-refractivity contribution in [3.05, 3.63) is 82.9 Å².